The highest BCUT2D eigenvalue weighted by Gasteiger charge is 2.24. The molecule has 0 aliphatic carbocycles. The van der Waals surface area contributed by atoms with Crippen molar-refractivity contribution in [2.45, 2.75) is 32.1 Å². The van der Waals surface area contributed by atoms with Gasteiger partial charge in [-0.1, -0.05) is 6.92 Å². The molecule has 1 amide bonds. The van der Waals surface area contributed by atoms with Crippen LogP contribution in [0.1, 0.15) is 35.0 Å². The summed E-state index contributed by atoms with van der Waals surface area (Å²) in [6.45, 7) is 6.31. The van der Waals surface area contributed by atoms with Crippen molar-refractivity contribution >= 4 is 35.9 Å². The monoisotopic (exact) mass is 298 g/mol. The summed E-state index contributed by atoms with van der Waals surface area (Å²) in [5, 5.41) is 2.89. The molecule has 0 spiro atoms. The maximum atomic E-state index is 12.2. The molecular weight excluding hydrogens is 280 g/mol. The average Bonchev–Trinajstić information content (AvgIpc) is 2.88. The molecule has 0 atom stereocenters. The zero-order chi connectivity index (χ0) is 15.1. The number of fused-ring (bicyclic) bond motifs is 1. The minimum atomic E-state index is -0.0614. The summed E-state index contributed by atoms with van der Waals surface area (Å²) in [7, 11) is 0. The van der Waals surface area contributed by atoms with Crippen LogP contribution in [-0.2, 0) is 11.2 Å². The van der Waals surface area contributed by atoms with E-state index in [1.165, 1.54) is 16.8 Å². The number of aromatic nitrogens is 1. The molecule has 4 heteroatoms. The van der Waals surface area contributed by atoms with E-state index in [4.69, 9.17) is 0 Å². The Labute approximate surface area is 129 Å². The summed E-state index contributed by atoms with van der Waals surface area (Å²) in [4.78, 5) is 16.4. The Bertz CT molecular complexity index is 771. The molecule has 0 saturated heterocycles. The molecule has 1 aromatic heterocycles. The molecule has 3 rings (SSSR count). The Balaban J connectivity index is 2.13. The summed E-state index contributed by atoms with van der Waals surface area (Å²) in [6, 6.07) is 5.69. The van der Waals surface area contributed by atoms with E-state index in [0.29, 0.717) is 5.57 Å². The quantitative estimate of drug-likeness (QED) is 0.570. The van der Waals surface area contributed by atoms with Crippen molar-refractivity contribution in [3.8, 4) is 0 Å². The molecule has 0 fully saturated rings. The van der Waals surface area contributed by atoms with Gasteiger partial charge >= 0.3 is 0 Å². The Morgan fingerprint density at radius 3 is 2.71 bits per heavy atom. The minimum Gasteiger partial charge on any atom is -0.359 e. The topological polar surface area (TPSA) is 44.9 Å². The van der Waals surface area contributed by atoms with Gasteiger partial charge in [0.1, 0.15) is 0 Å². The Morgan fingerprint density at radius 1 is 1.29 bits per heavy atom. The van der Waals surface area contributed by atoms with E-state index < -0.39 is 0 Å². The van der Waals surface area contributed by atoms with E-state index >= 15 is 0 Å². The maximum Gasteiger partial charge on any atom is 0.256 e. The van der Waals surface area contributed by atoms with E-state index in [2.05, 4.69) is 43.7 Å². The van der Waals surface area contributed by atoms with E-state index in [1.807, 2.05) is 24.3 Å². The zero-order valence-electron chi connectivity index (χ0n) is 12.4. The molecule has 0 radical (unpaired) electrons. The van der Waals surface area contributed by atoms with Gasteiger partial charge in [0.05, 0.1) is 5.57 Å². The third-order valence-corrected chi connectivity index (χ3v) is 4.34. The van der Waals surface area contributed by atoms with Gasteiger partial charge in [-0.3, -0.25) is 4.79 Å². The number of rotatable bonds is 2. The Hall–Kier alpha value is -1.94. The van der Waals surface area contributed by atoms with E-state index in [-0.39, 0.29) is 5.91 Å². The van der Waals surface area contributed by atoms with Crippen molar-refractivity contribution in [3.05, 3.63) is 46.3 Å². The summed E-state index contributed by atoms with van der Waals surface area (Å²) in [6.07, 6.45) is 2.93. The maximum absolute atomic E-state index is 12.2. The van der Waals surface area contributed by atoms with Crippen LogP contribution in [0.5, 0.6) is 0 Å². The molecule has 21 heavy (non-hydrogen) atoms. The zero-order valence-corrected chi connectivity index (χ0v) is 13.3. The third-order valence-electron chi connectivity index (χ3n) is 4.06. The van der Waals surface area contributed by atoms with Crippen LogP contribution in [0.2, 0.25) is 0 Å². The van der Waals surface area contributed by atoms with Crippen LogP contribution < -0.4 is 5.32 Å². The van der Waals surface area contributed by atoms with Gasteiger partial charge in [-0.2, -0.15) is 0 Å². The number of hydrogen-bond acceptors (Lipinski definition) is 2. The highest BCUT2D eigenvalue weighted by atomic mass is 32.1. The molecule has 0 bridgehead atoms. The first kappa shape index (κ1) is 14.0. The van der Waals surface area contributed by atoms with Crippen LogP contribution in [0, 0.1) is 13.8 Å². The van der Waals surface area contributed by atoms with Crippen LogP contribution in [0.4, 0.5) is 5.69 Å². The van der Waals surface area contributed by atoms with Gasteiger partial charge < -0.3 is 10.3 Å². The van der Waals surface area contributed by atoms with Crippen molar-refractivity contribution in [1.82, 2.24) is 4.98 Å². The van der Waals surface area contributed by atoms with E-state index in [9.17, 15) is 4.79 Å². The highest BCUT2D eigenvalue weighted by Crippen LogP contribution is 2.35. The molecule has 2 heterocycles. The van der Waals surface area contributed by atoms with Crippen molar-refractivity contribution in [2.24, 2.45) is 0 Å². The summed E-state index contributed by atoms with van der Waals surface area (Å²) in [5.74, 6) is -0.0614. The fraction of sp³-hybridized carbons (Fsp3) is 0.235. The lowest BCUT2D eigenvalue weighted by molar-refractivity contribution is -0.110. The lowest BCUT2D eigenvalue weighted by atomic mass is 10.0. The lowest BCUT2D eigenvalue weighted by Crippen LogP contribution is -2.03. The summed E-state index contributed by atoms with van der Waals surface area (Å²) in [5.41, 5.74) is 7.16. The van der Waals surface area contributed by atoms with Gasteiger partial charge in [-0.25, -0.2) is 0 Å². The van der Waals surface area contributed by atoms with Gasteiger partial charge in [0.2, 0.25) is 0 Å². The first-order valence-corrected chi connectivity index (χ1v) is 7.50. The smallest absolute Gasteiger partial charge is 0.256 e. The van der Waals surface area contributed by atoms with Gasteiger partial charge in [-0.15, -0.1) is 12.6 Å². The number of nitrogens with one attached hydrogen (secondary N) is 2. The number of H-pyrrole nitrogens is 1. The molecule has 108 valence electrons. The molecule has 2 N–H and O–H groups in total. The van der Waals surface area contributed by atoms with Gasteiger partial charge in [0.15, 0.2) is 0 Å². The first-order chi connectivity index (χ1) is 10.0. The number of aromatic amines is 1. The number of carbonyl (C=O) groups excluding carboxylic acids is 1. The highest BCUT2D eigenvalue weighted by molar-refractivity contribution is 7.80. The van der Waals surface area contributed by atoms with Gasteiger partial charge in [0, 0.05) is 27.5 Å². The van der Waals surface area contributed by atoms with Crippen LogP contribution >= 0.6 is 12.6 Å². The minimum absolute atomic E-state index is 0.0614. The number of carbonyl (C=O) groups is 1. The molecule has 2 aromatic rings. The molecule has 0 unspecified atom stereocenters. The largest absolute Gasteiger partial charge is 0.359 e. The van der Waals surface area contributed by atoms with Crippen molar-refractivity contribution in [1.29, 1.82) is 0 Å². The first-order valence-electron chi connectivity index (χ1n) is 7.05. The van der Waals surface area contributed by atoms with Gasteiger partial charge in [0.25, 0.3) is 5.91 Å². The SMILES string of the molecule is CCc1c(C)[nH]c(/C=C2\C(=O)Nc3ccc(S)cc32)c1C. The number of thiol groups is 1. The van der Waals surface area contributed by atoms with Crippen LogP contribution in [0.3, 0.4) is 0 Å². The second kappa shape index (κ2) is 5.11. The third kappa shape index (κ3) is 2.29. The summed E-state index contributed by atoms with van der Waals surface area (Å²) >= 11 is 4.36. The fourth-order valence-electron chi connectivity index (χ4n) is 2.95. The molecule has 1 aliphatic rings. The van der Waals surface area contributed by atoms with Crippen LogP contribution in [0.15, 0.2) is 23.1 Å². The van der Waals surface area contributed by atoms with E-state index in [1.54, 1.807) is 0 Å². The second-order valence-electron chi connectivity index (χ2n) is 5.36. The van der Waals surface area contributed by atoms with Gasteiger partial charge in [-0.05, 0) is 55.7 Å². The fourth-order valence-corrected chi connectivity index (χ4v) is 3.16. The molecule has 1 aliphatic heterocycles. The van der Waals surface area contributed by atoms with Crippen LogP contribution in [0.25, 0.3) is 11.6 Å². The average molecular weight is 298 g/mol. The lowest BCUT2D eigenvalue weighted by Gasteiger charge is -2.00. The standard InChI is InChI=1S/C17H18N2OS/c1-4-12-9(2)16(18-10(12)3)8-14-13-7-11(21)5-6-15(13)19-17(14)20/h5-8,18,21H,4H2,1-3H3,(H,19,20)/b14-8-. The number of benzene rings is 1. The molecular formula is C17H18N2OS. The second-order valence-corrected chi connectivity index (χ2v) is 5.88. The van der Waals surface area contributed by atoms with Crippen molar-refractivity contribution in [3.63, 3.8) is 0 Å². The molecule has 1 aromatic carbocycles. The van der Waals surface area contributed by atoms with Crippen molar-refractivity contribution in [2.75, 3.05) is 5.32 Å². The Kier molecular flexibility index (Phi) is 3.41. The van der Waals surface area contributed by atoms with Crippen molar-refractivity contribution < 1.29 is 4.79 Å². The molecule has 3 nitrogen and oxygen atoms in total. The number of anilines is 1. The predicted octanol–water partition coefficient (Wildman–Crippen LogP) is 3.98. The Morgan fingerprint density at radius 2 is 2.05 bits per heavy atom. The van der Waals surface area contributed by atoms with E-state index in [0.717, 1.165) is 28.3 Å². The number of hydrogen-bond donors (Lipinski definition) is 3. The predicted molar refractivity (Wildman–Crippen MR) is 89.8 cm³/mol. The van der Waals surface area contributed by atoms with Crippen LogP contribution in [-0.4, -0.2) is 10.9 Å². The molecule has 0 saturated carbocycles. The normalized spacial score (nSPS) is 15.4. The summed E-state index contributed by atoms with van der Waals surface area (Å²) < 4.78 is 0. The number of aryl methyl sites for hydroxylation is 1. The number of amides is 1.